The van der Waals surface area contributed by atoms with E-state index in [0.29, 0.717) is 46.6 Å². The molecule has 1 saturated carbocycles. The third-order valence-electron chi connectivity index (χ3n) is 7.45. The minimum Gasteiger partial charge on any atom is -0.444 e. The van der Waals surface area contributed by atoms with Crippen molar-refractivity contribution in [3.8, 4) is 11.3 Å². The van der Waals surface area contributed by atoms with Crippen LogP contribution in [0.15, 0.2) is 23.8 Å². The number of carbonyl (C=O) groups excluding carboxylic acids is 1. The molecule has 1 amide bonds. The normalized spacial score (nSPS) is 22.3. The van der Waals surface area contributed by atoms with Gasteiger partial charge in [-0.1, -0.05) is 11.6 Å². The lowest BCUT2D eigenvalue weighted by atomic mass is 9.99. The van der Waals surface area contributed by atoms with Gasteiger partial charge in [0.25, 0.3) is 0 Å². The highest BCUT2D eigenvalue weighted by Gasteiger charge is 2.71. The number of nitrogens with one attached hydrogen (secondary N) is 1. The van der Waals surface area contributed by atoms with Gasteiger partial charge in [0, 0.05) is 54.9 Å². The second-order valence-corrected chi connectivity index (χ2v) is 12.5. The molecule has 2 unspecified atom stereocenters. The fraction of sp³-hybridized carbons (Fsp3) is 0.462. The molecule has 6 rings (SSSR count). The standard InChI is InChI=1S/C26H28ClFN8O2S/c1-13-11-39-23(31-13)26(12-35(5)24(37)38-25(2,3)4)15-9-36(10-16(15)26)17-8-30-20-19(33-34-22(20)32-17)14-6-7-29-21(28)18(14)27/h6-8,11,15-16H,9-10,12H2,1-5H3,(H,32,33,34). The minimum absolute atomic E-state index is 0.0985. The molecule has 2 fully saturated rings. The number of pyridine rings is 1. The van der Waals surface area contributed by atoms with E-state index < -0.39 is 11.5 Å². The Hall–Kier alpha value is -3.38. The summed E-state index contributed by atoms with van der Waals surface area (Å²) in [6.45, 7) is 9.64. The van der Waals surface area contributed by atoms with Gasteiger partial charge >= 0.3 is 6.09 Å². The molecule has 5 heterocycles. The lowest BCUT2D eigenvalue weighted by Gasteiger charge is -2.31. The van der Waals surface area contributed by atoms with Gasteiger partial charge in [-0.05, 0) is 45.6 Å². The van der Waals surface area contributed by atoms with E-state index in [-0.39, 0.29) is 16.5 Å². The summed E-state index contributed by atoms with van der Waals surface area (Å²) in [5.41, 5.74) is 2.03. The van der Waals surface area contributed by atoms with Crippen LogP contribution in [0.5, 0.6) is 0 Å². The molecule has 13 heteroatoms. The summed E-state index contributed by atoms with van der Waals surface area (Å²) < 4.78 is 19.5. The molecule has 204 valence electrons. The highest BCUT2D eigenvalue weighted by Crippen LogP contribution is 2.64. The van der Waals surface area contributed by atoms with Crippen LogP contribution < -0.4 is 4.90 Å². The number of likely N-dealkylation sites (N-methyl/N-ethyl adjacent to an activating group) is 1. The predicted molar refractivity (Wildman–Crippen MR) is 146 cm³/mol. The molecule has 0 bridgehead atoms. The van der Waals surface area contributed by atoms with Gasteiger partial charge in [-0.3, -0.25) is 5.10 Å². The summed E-state index contributed by atoms with van der Waals surface area (Å²) in [7, 11) is 1.79. The Balaban J connectivity index is 1.23. The van der Waals surface area contributed by atoms with Crippen LogP contribution in [0.3, 0.4) is 0 Å². The van der Waals surface area contributed by atoms with Crippen molar-refractivity contribution in [1.82, 2.24) is 35.0 Å². The number of hydrogen-bond acceptors (Lipinski definition) is 9. The SMILES string of the molecule is Cc1csc(C2(CN(C)C(=O)OC(C)(C)C)C3CN(c4cnc5c(-c6ccnc(F)c6Cl)[nH]nc5n4)CC32)n1. The second kappa shape index (κ2) is 9.09. The summed E-state index contributed by atoms with van der Waals surface area (Å²) in [4.78, 5) is 34.4. The van der Waals surface area contributed by atoms with Crippen LogP contribution in [0, 0.1) is 24.7 Å². The first-order chi connectivity index (χ1) is 18.5. The quantitative estimate of drug-likeness (QED) is 0.339. The number of anilines is 1. The van der Waals surface area contributed by atoms with Crippen LogP contribution in [-0.4, -0.2) is 73.4 Å². The number of fused-ring (bicyclic) bond motifs is 2. The van der Waals surface area contributed by atoms with E-state index >= 15 is 0 Å². The molecule has 1 N–H and O–H groups in total. The lowest BCUT2D eigenvalue weighted by Crippen LogP contribution is -2.42. The number of carbonyl (C=O) groups is 1. The molecular formula is C26H28ClFN8O2S. The monoisotopic (exact) mass is 570 g/mol. The number of rotatable bonds is 5. The van der Waals surface area contributed by atoms with E-state index in [1.54, 1.807) is 35.5 Å². The van der Waals surface area contributed by atoms with Crippen molar-refractivity contribution in [2.45, 2.75) is 38.7 Å². The highest BCUT2D eigenvalue weighted by molar-refractivity contribution is 7.09. The van der Waals surface area contributed by atoms with Crippen molar-refractivity contribution >= 4 is 46.0 Å². The Morgan fingerprint density at radius 1 is 1.31 bits per heavy atom. The molecule has 0 spiro atoms. The van der Waals surface area contributed by atoms with E-state index in [9.17, 15) is 9.18 Å². The molecule has 1 saturated heterocycles. The van der Waals surface area contributed by atoms with Crippen LogP contribution in [0.1, 0.15) is 31.5 Å². The number of halogens is 2. The molecule has 0 aromatic carbocycles. The molecule has 2 atom stereocenters. The second-order valence-electron chi connectivity index (χ2n) is 11.3. The number of aromatic amines is 1. The molecule has 1 aliphatic carbocycles. The number of piperidine rings is 1. The van der Waals surface area contributed by atoms with E-state index in [2.05, 4.69) is 30.4 Å². The fourth-order valence-corrected chi connectivity index (χ4v) is 6.97. The Labute approximate surface area is 233 Å². The van der Waals surface area contributed by atoms with Gasteiger partial charge in [-0.2, -0.15) is 9.49 Å². The van der Waals surface area contributed by atoms with Gasteiger partial charge in [0.05, 0.1) is 11.9 Å². The molecule has 4 aromatic rings. The molecule has 39 heavy (non-hydrogen) atoms. The molecular weight excluding hydrogens is 543 g/mol. The number of H-pyrrole nitrogens is 1. The van der Waals surface area contributed by atoms with Crippen LogP contribution in [0.25, 0.3) is 22.4 Å². The summed E-state index contributed by atoms with van der Waals surface area (Å²) in [5, 5.41) is 10.2. The molecule has 2 aliphatic rings. The van der Waals surface area contributed by atoms with Gasteiger partial charge in [-0.15, -0.1) is 11.3 Å². The zero-order valence-corrected chi connectivity index (χ0v) is 23.8. The van der Waals surface area contributed by atoms with E-state index in [1.165, 1.54) is 6.20 Å². The van der Waals surface area contributed by atoms with Crippen molar-refractivity contribution in [2.24, 2.45) is 11.8 Å². The Bertz CT molecular complexity index is 1570. The van der Waals surface area contributed by atoms with Gasteiger partial charge in [0.2, 0.25) is 11.6 Å². The van der Waals surface area contributed by atoms with Crippen molar-refractivity contribution in [2.75, 3.05) is 31.6 Å². The number of hydrogen-bond donors (Lipinski definition) is 1. The van der Waals surface area contributed by atoms with Crippen LogP contribution in [-0.2, 0) is 10.2 Å². The van der Waals surface area contributed by atoms with Crippen molar-refractivity contribution < 1.29 is 13.9 Å². The number of aromatic nitrogens is 6. The molecule has 10 nitrogen and oxygen atoms in total. The molecule has 4 aromatic heterocycles. The molecule has 1 aliphatic heterocycles. The topological polar surface area (TPSA) is 113 Å². The third kappa shape index (κ3) is 4.39. The first kappa shape index (κ1) is 25.9. The Morgan fingerprint density at radius 2 is 2.05 bits per heavy atom. The lowest BCUT2D eigenvalue weighted by molar-refractivity contribution is 0.0276. The van der Waals surface area contributed by atoms with Crippen LogP contribution >= 0.6 is 22.9 Å². The summed E-state index contributed by atoms with van der Waals surface area (Å²) in [6, 6.07) is 1.61. The molecule has 0 radical (unpaired) electrons. The third-order valence-corrected chi connectivity index (χ3v) is 8.96. The zero-order valence-electron chi connectivity index (χ0n) is 22.2. The van der Waals surface area contributed by atoms with Gasteiger partial charge in [-0.25, -0.2) is 24.7 Å². The number of thiazole rings is 1. The van der Waals surface area contributed by atoms with Gasteiger partial charge in [0.15, 0.2) is 0 Å². The summed E-state index contributed by atoms with van der Waals surface area (Å²) in [5.74, 6) is 0.566. The van der Waals surface area contributed by atoms with Crippen LogP contribution in [0.2, 0.25) is 5.02 Å². The maximum atomic E-state index is 13.9. The van der Waals surface area contributed by atoms with Crippen molar-refractivity contribution in [1.29, 1.82) is 0 Å². The number of aryl methyl sites for hydroxylation is 1. The maximum absolute atomic E-state index is 13.9. The Kier molecular flexibility index (Phi) is 6.03. The van der Waals surface area contributed by atoms with E-state index in [0.717, 1.165) is 23.8 Å². The zero-order chi connectivity index (χ0) is 27.7. The van der Waals surface area contributed by atoms with Gasteiger partial charge < -0.3 is 14.5 Å². The van der Waals surface area contributed by atoms with E-state index in [4.69, 9.17) is 26.3 Å². The predicted octanol–water partition coefficient (Wildman–Crippen LogP) is 4.84. The van der Waals surface area contributed by atoms with Crippen LogP contribution in [0.4, 0.5) is 15.0 Å². The number of nitrogens with zero attached hydrogens (tertiary/aromatic N) is 7. The minimum atomic E-state index is -0.756. The average molecular weight is 571 g/mol. The van der Waals surface area contributed by atoms with E-state index in [1.807, 2.05) is 27.7 Å². The smallest absolute Gasteiger partial charge is 0.410 e. The number of ether oxygens (including phenoxy) is 1. The number of amides is 1. The van der Waals surface area contributed by atoms with Crippen molar-refractivity contribution in [3.05, 3.63) is 45.5 Å². The first-order valence-electron chi connectivity index (χ1n) is 12.6. The largest absolute Gasteiger partial charge is 0.444 e. The first-order valence-corrected chi connectivity index (χ1v) is 13.9. The highest BCUT2D eigenvalue weighted by atomic mass is 35.5. The average Bonchev–Trinajstić information content (AvgIpc) is 3.37. The summed E-state index contributed by atoms with van der Waals surface area (Å²) >= 11 is 7.78. The van der Waals surface area contributed by atoms with Crippen molar-refractivity contribution in [3.63, 3.8) is 0 Å². The summed E-state index contributed by atoms with van der Waals surface area (Å²) in [6.07, 6.45) is 2.72. The fourth-order valence-electron chi connectivity index (χ4n) is 5.64. The Morgan fingerprint density at radius 3 is 2.72 bits per heavy atom. The maximum Gasteiger partial charge on any atom is 0.410 e. The van der Waals surface area contributed by atoms with Gasteiger partial charge in [0.1, 0.15) is 27.0 Å².